The van der Waals surface area contributed by atoms with Crippen LogP contribution in [0.15, 0.2) is 54.6 Å². The quantitative estimate of drug-likeness (QED) is 0.829. The van der Waals surface area contributed by atoms with E-state index >= 15 is 0 Å². The minimum atomic E-state index is -1.07. The van der Waals surface area contributed by atoms with E-state index in [1.807, 2.05) is 42.5 Å². The number of para-hydroxylation sites is 1. The van der Waals surface area contributed by atoms with Crippen LogP contribution in [0.3, 0.4) is 0 Å². The highest BCUT2D eigenvalue weighted by molar-refractivity contribution is 6.03. The smallest absolute Gasteiger partial charge is 0.408 e. The van der Waals surface area contributed by atoms with E-state index in [9.17, 15) is 19.5 Å². The zero-order chi connectivity index (χ0) is 20.1. The number of alkyl carbamates (subject to hydrolysis) is 1. The minimum Gasteiger partial charge on any atom is -0.480 e. The first-order chi connectivity index (χ1) is 13.5. The molecule has 0 unspecified atom stereocenters. The van der Waals surface area contributed by atoms with Crippen molar-refractivity contribution in [1.82, 2.24) is 5.32 Å². The van der Waals surface area contributed by atoms with Gasteiger partial charge >= 0.3 is 12.1 Å². The number of carboxylic acids is 1. The monoisotopic (exact) mass is 382 g/mol. The number of benzene rings is 2. The molecule has 7 nitrogen and oxygen atoms in total. The van der Waals surface area contributed by atoms with Crippen LogP contribution in [0.4, 0.5) is 10.5 Å². The van der Waals surface area contributed by atoms with Gasteiger partial charge in [0.15, 0.2) is 0 Å². The number of aryl methyl sites for hydroxylation is 1. The Morgan fingerprint density at radius 2 is 1.82 bits per heavy atom. The largest absolute Gasteiger partial charge is 0.480 e. The van der Waals surface area contributed by atoms with E-state index in [1.54, 1.807) is 12.1 Å². The summed E-state index contributed by atoms with van der Waals surface area (Å²) < 4.78 is 5.14. The van der Waals surface area contributed by atoms with Gasteiger partial charge < -0.3 is 15.2 Å². The molecular weight excluding hydrogens is 360 g/mol. The molecule has 0 radical (unpaired) electrons. The average molecular weight is 382 g/mol. The van der Waals surface area contributed by atoms with Crippen molar-refractivity contribution >= 4 is 23.7 Å². The van der Waals surface area contributed by atoms with Crippen LogP contribution in [0.2, 0.25) is 0 Å². The number of nitrogens with zero attached hydrogens (tertiary/aromatic N) is 1. The van der Waals surface area contributed by atoms with Crippen molar-refractivity contribution in [2.24, 2.45) is 0 Å². The first-order valence-corrected chi connectivity index (χ1v) is 9.08. The summed E-state index contributed by atoms with van der Waals surface area (Å²) in [5, 5.41) is 12.0. The van der Waals surface area contributed by atoms with Gasteiger partial charge in [0, 0.05) is 5.69 Å². The third kappa shape index (κ3) is 4.31. The predicted molar refractivity (Wildman–Crippen MR) is 103 cm³/mol. The van der Waals surface area contributed by atoms with Gasteiger partial charge in [0.05, 0.1) is 0 Å². The highest BCUT2D eigenvalue weighted by atomic mass is 16.5. The van der Waals surface area contributed by atoms with E-state index < -0.39 is 30.1 Å². The Labute approximate surface area is 162 Å². The molecule has 146 valence electrons. The minimum absolute atomic E-state index is 0.0812. The molecule has 1 aliphatic rings. The third-order valence-electron chi connectivity index (χ3n) is 4.69. The topological polar surface area (TPSA) is 95.9 Å². The zero-order valence-electron chi connectivity index (χ0n) is 15.5. The van der Waals surface area contributed by atoms with Crippen molar-refractivity contribution in [3.63, 3.8) is 0 Å². The molecule has 7 heteroatoms. The summed E-state index contributed by atoms with van der Waals surface area (Å²) in [6.45, 7) is 1.60. The van der Waals surface area contributed by atoms with Crippen molar-refractivity contribution in [3.05, 3.63) is 65.7 Å². The molecule has 0 saturated heterocycles. The molecule has 2 aromatic rings. The van der Waals surface area contributed by atoms with Crippen molar-refractivity contribution in [2.45, 2.75) is 38.5 Å². The van der Waals surface area contributed by atoms with Crippen LogP contribution < -0.4 is 10.2 Å². The molecule has 0 aliphatic carbocycles. The third-order valence-corrected chi connectivity index (χ3v) is 4.69. The van der Waals surface area contributed by atoms with Crippen molar-refractivity contribution < 1.29 is 24.2 Å². The van der Waals surface area contributed by atoms with Crippen molar-refractivity contribution in [3.8, 4) is 0 Å². The van der Waals surface area contributed by atoms with Crippen LogP contribution in [0, 0.1) is 0 Å². The van der Waals surface area contributed by atoms with Crippen LogP contribution >= 0.6 is 0 Å². The lowest BCUT2D eigenvalue weighted by Crippen LogP contribution is -2.55. The highest BCUT2D eigenvalue weighted by Gasteiger charge is 2.37. The van der Waals surface area contributed by atoms with Gasteiger partial charge in [0.1, 0.15) is 18.7 Å². The predicted octanol–water partition coefficient (Wildman–Crippen LogP) is 2.73. The van der Waals surface area contributed by atoms with E-state index in [0.29, 0.717) is 18.5 Å². The second kappa shape index (κ2) is 8.56. The summed E-state index contributed by atoms with van der Waals surface area (Å²) in [4.78, 5) is 38.0. The molecule has 2 atom stereocenters. The molecule has 2 amide bonds. The number of fused-ring (bicyclic) bond motifs is 1. The Hall–Kier alpha value is -3.35. The molecule has 0 fully saturated rings. The Kier molecular flexibility index (Phi) is 5.93. The van der Waals surface area contributed by atoms with Crippen LogP contribution in [0.1, 0.15) is 24.5 Å². The van der Waals surface area contributed by atoms with Gasteiger partial charge in [-0.2, -0.15) is 0 Å². The molecule has 1 aliphatic heterocycles. The number of hydrogen-bond acceptors (Lipinski definition) is 4. The number of carbonyl (C=O) groups is 3. The highest BCUT2D eigenvalue weighted by Crippen LogP contribution is 2.31. The van der Waals surface area contributed by atoms with Crippen molar-refractivity contribution in [2.75, 3.05) is 4.90 Å². The Bertz CT molecular complexity index is 868. The normalized spacial score (nSPS) is 16.6. The molecule has 0 saturated carbocycles. The summed E-state index contributed by atoms with van der Waals surface area (Å²) in [7, 11) is 0. The van der Waals surface area contributed by atoms with Gasteiger partial charge in [0.2, 0.25) is 5.91 Å². The number of rotatable bonds is 5. The Balaban J connectivity index is 1.68. The number of anilines is 1. The van der Waals surface area contributed by atoms with Gasteiger partial charge in [0.25, 0.3) is 0 Å². The fraction of sp³-hybridized carbons (Fsp3) is 0.286. The summed E-state index contributed by atoms with van der Waals surface area (Å²) in [6, 6.07) is 14.5. The van der Waals surface area contributed by atoms with Gasteiger partial charge in [-0.3, -0.25) is 9.69 Å². The molecule has 0 aromatic heterocycles. The molecule has 2 aromatic carbocycles. The van der Waals surface area contributed by atoms with Crippen LogP contribution in [0.25, 0.3) is 0 Å². The molecule has 1 heterocycles. The van der Waals surface area contributed by atoms with Gasteiger partial charge in [-0.05, 0) is 37.0 Å². The van der Waals surface area contributed by atoms with Crippen LogP contribution in [-0.4, -0.2) is 35.2 Å². The maximum Gasteiger partial charge on any atom is 0.408 e. The van der Waals surface area contributed by atoms with E-state index in [4.69, 9.17) is 4.74 Å². The van der Waals surface area contributed by atoms with Gasteiger partial charge in [-0.25, -0.2) is 9.59 Å². The standard InChI is InChI=1S/C21H22N2O5/c1-14(22-21(27)28-13-15-7-3-2-4-8-15)19(24)23-17-10-6-5-9-16(17)11-12-18(23)20(25)26/h2-10,14,18H,11-13H2,1H3,(H,22,27)(H,25,26)/t14-,18+/m0/s1. The van der Waals surface area contributed by atoms with Crippen LogP contribution in [-0.2, 0) is 27.4 Å². The first kappa shape index (κ1) is 19.4. The van der Waals surface area contributed by atoms with Crippen molar-refractivity contribution in [1.29, 1.82) is 0 Å². The number of hydrogen-bond donors (Lipinski definition) is 2. The van der Waals surface area contributed by atoms with Gasteiger partial charge in [-0.1, -0.05) is 48.5 Å². The molecule has 0 bridgehead atoms. The lowest BCUT2D eigenvalue weighted by Gasteiger charge is -2.36. The Morgan fingerprint density at radius 3 is 2.54 bits per heavy atom. The average Bonchev–Trinajstić information content (AvgIpc) is 2.71. The number of aliphatic carboxylic acids is 1. The number of ether oxygens (including phenoxy) is 1. The molecule has 0 spiro atoms. The van der Waals surface area contributed by atoms with E-state index in [2.05, 4.69) is 5.32 Å². The summed E-state index contributed by atoms with van der Waals surface area (Å²) in [5.41, 5.74) is 2.30. The van der Waals surface area contributed by atoms with E-state index in [0.717, 1.165) is 11.1 Å². The lowest BCUT2D eigenvalue weighted by atomic mass is 9.95. The maximum absolute atomic E-state index is 13.0. The summed E-state index contributed by atoms with van der Waals surface area (Å²) in [5.74, 6) is -1.56. The molecule has 3 rings (SSSR count). The molecular formula is C21H22N2O5. The number of carboxylic acid groups (broad SMARTS) is 1. The summed E-state index contributed by atoms with van der Waals surface area (Å²) >= 11 is 0. The number of carbonyl (C=O) groups excluding carboxylic acids is 2. The molecule has 28 heavy (non-hydrogen) atoms. The number of amides is 2. The van der Waals surface area contributed by atoms with E-state index in [-0.39, 0.29) is 6.61 Å². The second-order valence-electron chi connectivity index (χ2n) is 6.66. The first-order valence-electron chi connectivity index (χ1n) is 9.08. The SMILES string of the molecule is C[C@H](NC(=O)OCc1ccccc1)C(=O)N1c2ccccc2CC[C@@H]1C(=O)O. The number of nitrogens with one attached hydrogen (secondary N) is 1. The fourth-order valence-corrected chi connectivity index (χ4v) is 3.26. The van der Waals surface area contributed by atoms with Crippen LogP contribution in [0.5, 0.6) is 0 Å². The van der Waals surface area contributed by atoms with E-state index in [1.165, 1.54) is 11.8 Å². The zero-order valence-corrected chi connectivity index (χ0v) is 15.5. The fourth-order valence-electron chi connectivity index (χ4n) is 3.26. The second-order valence-corrected chi connectivity index (χ2v) is 6.66. The maximum atomic E-state index is 13.0. The Morgan fingerprint density at radius 1 is 1.14 bits per heavy atom. The lowest BCUT2D eigenvalue weighted by molar-refractivity contribution is -0.140. The summed E-state index contributed by atoms with van der Waals surface area (Å²) in [6.07, 6.45) is 0.169. The van der Waals surface area contributed by atoms with Gasteiger partial charge in [-0.15, -0.1) is 0 Å². The molecule has 2 N–H and O–H groups in total.